The molecule has 0 spiro atoms. The minimum absolute atomic E-state index is 0.0328. The number of benzene rings is 1. The first-order valence-corrected chi connectivity index (χ1v) is 8.52. The Bertz CT molecular complexity index is 789. The van der Waals surface area contributed by atoms with Gasteiger partial charge in [-0.3, -0.25) is 14.7 Å². The van der Waals surface area contributed by atoms with Gasteiger partial charge in [0.1, 0.15) is 0 Å². The molecule has 1 saturated heterocycles. The number of hydrogen-bond acceptors (Lipinski definition) is 5. The normalized spacial score (nSPS) is 17.2. The maximum absolute atomic E-state index is 11.5. The van der Waals surface area contributed by atoms with Crippen LogP contribution >= 0.6 is 0 Å². The zero-order valence-corrected chi connectivity index (χ0v) is 14.1. The van der Waals surface area contributed by atoms with E-state index in [4.69, 9.17) is 5.84 Å². The third-order valence-electron chi connectivity index (χ3n) is 4.49. The highest BCUT2D eigenvalue weighted by Gasteiger charge is 2.21. The second-order valence-corrected chi connectivity index (χ2v) is 6.23. The topological polar surface area (TPSA) is 86.8 Å². The molecule has 1 aromatic carbocycles. The maximum Gasteiger partial charge on any atom is 0.248 e. The van der Waals surface area contributed by atoms with Gasteiger partial charge in [0.25, 0.3) is 0 Å². The number of pyridine rings is 1. The van der Waals surface area contributed by atoms with Crippen LogP contribution in [0.1, 0.15) is 24.5 Å². The Balaban J connectivity index is 1.54. The van der Waals surface area contributed by atoms with Crippen molar-refractivity contribution in [1.29, 1.82) is 0 Å². The lowest BCUT2D eigenvalue weighted by molar-refractivity contribution is 0.237. The van der Waals surface area contributed by atoms with Gasteiger partial charge in [-0.1, -0.05) is 24.3 Å². The summed E-state index contributed by atoms with van der Waals surface area (Å²) in [5, 5.41) is 3.86. The van der Waals surface area contributed by atoms with Crippen LogP contribution < -0.4 is 11.4 Å². The van der Waals surface area contributed by atoms with Gasteiger partial charge < -0.3 is 10.8 Å². The summed E-state index contributed by atoms with van der Waals surface area (Å²) >= 11 is 0. The molecule has 130 valence electrons. The van der Waals surface area contributed by atoms with Crippen LogP contribution in [0.25, 0.3) is 0 Å². The number of piperidine rings is 1. The van der Waals surface area contributed by atoms with Gasteiger partial charge in [0, 0.05) is 24.2 Å². The predicted molar refractivity (Wildman–Crippen MR) is 102 cm³/mol. The molecule has 0 unspecified atom stereocenters. The van der Waals surface area contributed by atoms with E-state index in [0.717, 1.165) is 43.0 Å². The largest absolute Gasteiger partial charge is 0.326 e. The maximum atomic E-state index is 11.5. The van der Waals surface area contributed by atoms with Crippen LogP contribution in [0.2, 0.25) is 0 Å². The zero-order valence-electron chi connectivity index (χ0n) is 14.1. The molecule has 0 atom stereocenters. The fourth-order valence-corrected chi connectivity index (χ4v) is 3.11. The number of nitrogens with one attached hydrogen (secondary N) is 1. The molecule has 1 aromatic heterocycles. The molecule has 3 rings (SSSR count). The van der Waals surface area contributed by atoms with Gasteiger partial charge in [-0.15, -0.1) is 0 Å². The third-order valence-corrected chi connectivity index (χ3v) is 4.49. The van der Waals surface area contributed by atoms with Crippen molar-refractivity contribution < 1.29 is 0 Å². The molecule has 6 nitrogen and oxygen atoms in total. The third kappa shape index (κ3) is 4.87. The molecule has 2 heterocycles. The Labute approximate surface area is 147 Å². The van der Waals surface area contributed by atoms with Crippen molar-refractivity contribution in [3.8, 4) is 0 Å². The Morgan fingerprint density at radius 3 is 2.60 bits per heavy atom. The van der Waals surface area contributed by atoms with Gasteiger partial charge >= 0.3 is 0 Å². The van der Waals surface area contributed by atoms with Crippen LogP contribution in [0.5, 0.6) is 0 Å². The number of para-hydroxylation sites is 1. The first-order valence-electron chi connectivity index (χ1n) is 8.52. The molecule has 1 aliphatic rings. The summed E-state index contributed by atoms with van der Waals surface area (Å²) in [6.45, 7) is 2.57. The molecule has 0 aliphatic carbocycles. The number of nitrogens with two attached hydrogens (primary N) is 1. The lowest BCUT2D eigenvalue weighted by atomic mass is 9.93. The van der Waals surface area contributed by atoms with Crippen LogP contribution in [0, 0.1) is 0 Å². The summed E-state index contributed by atoms with van der Waals surface area (Å²) < 4.78 is 0. The average Bonchev–Trinajstić information content (AvgIpc) is 2.66. The van der Waals surface area contributed by atoms with E-state index in [9.17, 15) is 4.79 Å². The second-order valence-electron chi connectivity index (χ2n) is 6.23. The van der Waals surface area contributed by atoms with E-state index in [2.05, 4.69) is 20.0 Å². The first kappa shape index (κ1) is 17.1. The van der Waals surface area contributed by atoms with Crippen LogP contribution in [0.4, 0.5) is 5.69 Å². The number of aliphatic imine (C=N–C) groups is 1. The lowest BCUT2D eigenvalue weighted by Crippen LogP contribution is -2.37. The summed E-state index contributed by atoms with van der Waals surface area (Å²) in [4.78, 5) is 21.1. The summed E-state index contributed by atoms with van der Waals surface area (Å²) in [5.41, 5.74) is 2.64. The van der Waals surface area contributed by atoms with Gasteiger partial charge in [0.2, 0.25) is 5.56 Å². The molecule has 0 radical (unpaired) electrons. The van der Waals surface area contributed by atoms with E-state index >= 15 is 0 Å². The molecular formula is C19H23N5O. The minimum atomic E-state index is -0.0328. The zero-order chi connectivity index (χ0) is 17.5. The van der Waals surface area contributed by atoms with E-state index in [-0.39, 0.29) is 5.56 Å². The summed E-state index contributed by atoms with van der Waals surface area (Å²) in [6, 6.07) is 15.1. The number of hydrazone groups is 1. The Hall–Kier alpha value is -2.73. The molecule has 0 saturated carbocycles. The van der Waals surface area contributed by atoms with Crippen LogP contribution in [-0.2, 0) is 0 Å². The van der Waals surface area contributed by atoms with Crippen molar-refractivity contribution in [2.24, 2.45) is 15.9 Å². The number of H-pyrrole nitrogens is 1. The standard InChI is InChI=1S/C19H23N5O/c20-23-17(13-21-16-5-2-1-3-6-16)14-24-11-9-15(10-12-24)18-7-4-8-19(25)22-18/h1-8,13,15H,9-12,14,20H2,(H,22,25). The van der Waals surface area contributed by atoms with Crippen molar-refractivity contribution in [3.05, 3.63) is 64.6 Å². The Morgan fingerprint density at radius 1 is 1.16 bits per heavy atom. The smallest absolute Gasteiger partial charge is 0.248 e. The highest BCUT2D eigenvalue weighted by atomic mass is 16.1. The van der Waals surface area contributed by atoms with Gasteiger partial charge in [0.15, 0.2) is 0 Å². The first-order chi connectivity index (χ1) is 12.2. The minimum Gasteiger partial charge on any atom is -0.326 e. The van der Waals surface area contributed by atoms with Gasteiger partial charge in [-0.25, -0.2) is 0 Å². The number of rotatable bonds is 5. The van der Waals surface area contributed by atoms with E-state index in [1.54, 1.807) is 12.3 Å². The van der Waals surface area contributed by atoms with Gasteiger partial charge in [-0.05, 0) is 44.1 Å². The van der Waals surface area contributed by atoms with Crippen molar-refractivity contribution in [2.75, 3.05) is 19.6 Å². The summed E-state index contributed by atoms with van der Waals surface area (Å²) in [7, 11) is 0. The molecular weight excluding hydrogens is 314 g/mol. The molecule has 3 N–H and O–H groups in total. The fourth-order valence-electron chi connectivity index (χ4n) is 3.11. The molecule has 1 fully saturated rings. The van der Waals surface area contributed by atoms with Crippen LogP contribution in [-0.4, -0.2) is 41.4 Å². The number of aromatic amines is 1. The molecule has 2 aromatic rings. The fraction of sp³-hybridized carbons (Fsp3) is 0.316. The summed E-state index contributed by atoms with van der Waals surface area (Å²) in [5.74, 6) is 5.92. The summed E-state index contributed by atoms with van der Waals surface area (Å²) in [6.07, 6.45) is 3.75. The van der Waals surface area contributed by atoms with Crippen molar-refractivity contribution >= 4 is 17.6 Å². The molecule has 1 aliphatic heterocycles. The SMILES string of the molecule is NN=C(C=Nc1ccccc1)CN1CCC(c2cccc(=O)[nH]2)CC1. The van der Waals surface area contributed by atoms with Crippen molar-refractivity contribution in [2.45, 2.75) is 18.8 Å². The molecule has 6 heteroatoms. The van der Waals surface area contributed by atoms with Gasteiger partial charge in [0.05, 0.1) is 17.6 Å². The Morgan fingerprint density at radius 2 is 1.92 bits per heavy atom. The molecule has 0 amide bonds. The number of likely N-dealkylation sites (tertiary alicyclic amines) is 1. The number of hydrogen-bond donors (Lipinski definition) is 2. The number of nitrogens with zero attached hydrogens (tertiary/aromatic N) is 3. The second kappa shape index (κ2) is 8.39. The quantitative estimate of drug-likeness (QED) is 0.498. The molecule has 25 heavy (non-hydrogen) atoms. The van der Waals surface area contributed by atoms with E-state index in [1.807, 2.05) is 42.5 Å². The Kier molecular flexibility index (Phi) is 5.74. The van der Waals surface area contributed by atoms with Gasteiger partial charge in [-0.2, -0.15) is 5.10 Å². The van der Waals surface area contributed by atoms with Crippen LogP contribution in [0.3, 0.4) is 0 Å². The highest BCUT2D eigenvalue weighted by Crippen LogP contribution is 2.25. The highest BCUT2D eigenvalue weighted by molar-refractivity contribution is 6.31. The number of aromatic nitrogens is 1. The van der Waals surface area contributed by atoms with Crippen LogP contribution in [0.15, 0.2) is 63.4 Å². The lowest BCUT2D eigenvalue weighted by Gasteiger charge is -2.31. The van der Waals surface area contributed by atoms with Crippen molar-refractivity contribution in [3.63, 3.8) is 0 Å². The van der Waals surface area contributed by atoms with Crippen molar-refractivity contribution in [1.82, 2.24) is 9.88 Å². The molecule has 0 bridgehead atoms. The van der Waals surface area contributed by atoms with E-state index in [1.165, 1.54) is 0 Å². The monoisotopic (exact) mass is 337 g/mol. The average molecular weight is 337 g/mol. The van der Waals surface area contributed by atoms with E-state index in [0.29, 0.717) is 12.5 Å². The predicted octanol–water partition coefficient (Wildman–Crippen LogP) is 2.27. The van der Waals surface area contributed by atoms with E-state index < -0.39 is 0 Å².